The van der Waals surface area contributed by atoms with Crippen molar-refractivity contribution in [1.82, 2.24) is 15.3 Å². The number of amides is 1. The van der Waals surface area contributed by atoms with Crippen molar-refractivity contribution in [3.63, 3.8) is 0 Å². The number of fused-ring (bicyclic) bond motifs is 4. The minimum absolute atomic E-state index is 0.217. The molecular formula is C22H20N4O5. The van der Waals surface area contributed by atoms with E-state index in [1.165, 1.54) is 18.2 Å². The summed E-state index contributed by atoms with van der Waals surface area (Å²) in [4.78, 5) is 45.2. The Morgan fingerprint density at radius 3 is 2.81 bits per heavy atom. The first-order chi connectivity index (χ1) is 15.0. The smallest absolute Gasteiger partial charge is 0.326 e. The van der Waals surface area contributed by atoms with Gasteiger partial charge in [-0.1, -0.05) is 0 Å². The fourth-order valence-corrected chi connectivity index (χ4v) is 3.42. The molecule has 1 amide bonds. The molecule has 0 saturated carbocycles. The van der Waals surface area contributed by atoms with Crippen molar-refractivity contribution in [3.8, 4) is 11.5 Å². The molecule has 0 bridgehead atoms. The number of rotatable bonds is 7. The average Bonchev–Trinajstić information content (AvgIpc) is 2.77. The molecule has 2 aliphatic rings. The Morgan fingerprint density at radius 2 is 2.03 bits per heavy atom. The van der Waals surface area contributed by atoms with Gasteiger partial charge in [-0.3, -0.25) is 14.6 Å². The molecule has 0 saturated heterocycles. The summed E-state index contributed by atoms with van der Waals surface area (Å²) in [6.45, 7) is 0.464. The lowest BCUT2D eigenvalue weighted by Gasteiger charge is -2.14. The molecule has 0 radical (unpaired) electrons. The first kappa shape index (κ1) is 20.4. The van der Waals surface area contributed by atoms with Crippen LogP contribution in [-0.4, -0.2) is 39.5 Å². The lowest BCUT2D eigenvalue weighted by Crippen LogP contribution is -2.40. The van der Waals surface area contributed by atoms with Gasteiger partial charge in [0.1, 0.15) is 22.8 Å². The maximum absolute atomic E-state index is 12.6. The number of nitrogens with zero attached hydrogens (tertiary/aromatic N) is 2. The van der Waals surface area contributed by atoms with Crippen LogP contribution in [0.4, 0.5) is 0 Å². The van der Waals surface area contributed by atoms with Crippen LogP contribution in [-0.2, 0) is 4.79 Å². The van der Waals surface area contributed by atoms with E-state index in [0.29, 0.717) is 59.3 Å². The lowest BCUT2D eigenvalue weighted by atomic mass is 10.1. The number of carbonyl (C=O) groups is 2. The molecule has 0 spiro atoms. The highest BCUT2D eigenvalue weighted by Gasteiger charge is 2.21. The van der Waals surface area contributed by atoms with Crippen LogP contribution in [0.1, 0.15) is 29.6 Å². The Morgan fingerprint density at radius 1 is 1.19 bits per heavy atom. The SMILES string of the molecule is NCCCC[C@H](NC(=O)c1ccc2oc3cc(=O)c4cccnc4c-3nc2c1)C(=O)O. The number of hydrogen-bond donors (Lipinski definition) is 3. The second-order valence-corrected chi connectivity index (χ2v) is 7.17. The molecule has 4 rings (SSSR count). The van der Waals surface area contributed by atoms with Crippen LogP contribution in [0.25, 0.3) is 33.5 Å². The highest BCUT2D eigenvalue weighted by atomic mass is 16.4. The highest BCUT2D eigenvalue weighted by Crippen LogP contribution is 2.29. The molecule has 158 valence electrons. The molecule has 1 atom stereocenters. The van der Waals surface area contributed by atoms with Crippen LogP contribution in [0.2, 0.25) is 0 Å². The van der Waals surface area contributed by atoms with Gasteiger partial charge in [0.15, 0.2) is 16.8 Å². The van der Waals surface area contributed by atoms with Crippen molar-refractivity contribution >= 4 is 33.9 Å². The van der Waals surface area contributed by atoms with Crippen LogP contribution < -0.4 is 16.5 Å². The summed E-state index contributed by atoms with van der Waals surface area (Å²) in [5.74, 6) is -1.33. The number of aliphatic carboxylic acids is 1. The molecule has 0 unspecified atom stereocenters. The number of carboxylic acid groups (broad SMARTS) is 1. The standard InChI is InChI=1S/C22H20N4O5/c23-8-2-1-5-14(22(29)30)26-21(28)12-6-7-17-15(10-12)25-20-18(31-17)11-16(27)13-4-3-9-24-19(13)20/h3-4,6-7,9-11,14H,1-2,5,8,23H2,(H,26,28)(H,29,30)/t14-/m0/s1. The third-order valence-corrected chi connectivity index (χ3v) is 5.02. The zero-order chi connectivity index (χ0) is 22.0. The maximum Gasteiger partial charge on any atom is 0.326 e. The van der Waals surface area contributed by atoms with E-state index in [1.807, 2.05) is 0 Å². The van der Waals surface area contributed by atoms with Gasteiger partial charge < -0.3 is 20.6 Å². The van der Waals surface area contributed by atoms with Gasteiger partial charge in [0.2, 0.25) is 0 Å². The van der Waals surface area contributed by atoms with Crippen molar-refractivity contribution in [2.75, 3.05) is 6.54 Å². The Labute approximate surface area is 176 Å². The topological polar surface area (TPSA) is 148 Å². The van der Waals surface area contributed by atoms with Crippen molar-refractivity contribution in [1.29, 1.82) is 0 Å². The largest absolute Gasteiger partial charge is 0.480 e. The summed E-state index contributed by atoms with van der Waals surface area (Å²) < 4.78 is 5.81. The first-order valence-electron chi connectivity index (χ1n) is 9.84. The average molecular weight is 420 g/mol. The normalized spacial score (nSPS) is 12.3. The van der Waals surface area contributed by atoms with E-state index in [4.69, 9.17) is 10.2 Å². The van der Waals surface area contributed by atoms with Crippen molar-refractivity contribution < 1.29 is 19.1 Å². The van der Waals surface area contributed by atoms with Gasteiger partial charge in [-0.25, -0.2) is 9.78 Å². The number of nitrogens with one attached hydrogen (secondary N) is 1. The van der Waals surface area contributed by atoms with E-state index in [2.05, 4.69) is 15.3 Å². The number of carboxylic acids is 1. The predicted octanol–water partition coefficient (Wildman–Crippen LogP) is 2.15. The van der Waals surface area contributed by atoms with Crippen LogP contribution >= 0.6 is 0 Å². The first-order valence-corrected chi connectivity index (χ1v) is 9.84. The molecular weight excluding hydrogens is 400 g/mol. The van der Waals surface area contributed by atoms with Gasteiger partial charge in [0.25, 0.3) is 5.91 Å². The van der Waals surface area contributed by atoms with Crippen LogP contribution in [0.3, 0.4) is 0 Å². The molecule has 1 aromatic carbocycles. The molecule has 0 fully saturated rings. The second-order valence-electron chi connectivity index (χ2n) is 7.17. The molecule has 9 heteroatoms. The van der Waals surface area contributed by atoms with Gasteiger partial charge in [0, 0.05) is 17.8 Å². The number of hydrogen-bond acceptors (Lipinski definition) is 7. The number of benzene rings is 2. The molecule has 2 heterocycles. The van der Waals surface area contributed by atoms with Crippen LogP contribution in [0, 0.1) is 0 Å². The van der Waals surface area contributed by atoms with E-state index in [1.54, 1.807) is 24.4 Å². The molecule has 4 N–H and O–H groups in total. The van der Waals surface area contributed by atoms with Gasteiger partial charge >= 0.3 is 5.97 Å². The van der Waals surface area contributed by atoms with Gasteiger partial charge in [-0.05, 0) is 56.1 Å². The summed E-state index contributed by atoms with van der Waals surface area (Å²) in [6.07, 6.45) is 3.13. The summed E-state index contributed by atoms with van der Waals surface area (Å²) in [5.41, 5.74) is 7.07. The van der Waals surface area contributed by atoms with E-state index in [9.17, 15) is 19.5 Å². The van der Waals surface area contributed by atoms with Gasteiger partial charge in [-0.2, -0.15) is 0 Å². The Balaban J connectivity index is 1.71. The molecule has 2 aromatic rings. The summed E-state index contributed by atoms with van der Waals surface area (Å²) in [7, 11) is 0. The Bertz CT molecular complexity index is 1320. The predicted molar refractivity (Wildman–Crippen MR) is 114 cm³/mol. The minimum Gasteiger partial charge on any atom is -0.480 e. The summed E-state index contributed by atoms with van der Waals surface area (Å²) >= 11 is 0. The zero-order valence-electron chi connectivity index (χ0n) is 16.5. The third-order valence-electron chi connectivity index (χ3n) is 5.02. The van der Waals surface area contributed by atoms with E-state index >= 15 is 0 Å². The van der Waals surface area contributed by atoms with Gasteiger partial charge in [-0.15, -0.1) is 0 Å². The van der Waals surface area contributed by atoms with Crippen molar-refractivity contribution in [2.45, 2.75) is 25.3 Å². The fourth-order valence-electron chi connectivity index (χ4n) is 3.42. The van der Waals surface area contributed by atoms with Crippen LogP contribution in [0.5, 0.6) is 0 Å². The molecule has 1 aromatic heterocycles. The quantitative estimate of drug-likeness (QED) is 0.234. The molecule has 1 aliphatic heterocycles. The Kier molecular flexibility index (Phi) is 5.59. The van der Waals surface area contributed by atoms with E-state index in [0.717, 1.165) is 0 Å². The second kappa shape index (κ2) is 8.49. The number of nitrogens with two attached hydrogens (primary N) is 1. The maximum atomic E-state index is 12.6. The van der Waals surface area contributed by atoms with Crippen molar-refractivity contribution in [2.24, 2.45) is 5.73 Å². The summed E-state index contributed by atoms with van der Waals surface area (Å²) in [6, 6.07) is 8.29. The van der Waals surface area contributed by atoms with E-state index < -0.39 is 17.9 Å². The monoisotopic (exact) mass is 420 g/mol. The molecule has 1 aliphatic carbocycles. The highest BCUT2D eigenvalue weighted by molar-refractivity contribution is 6.00. The number of pyridine rings is 1. The Hall–Kier alpha value is -3.85. The van der Waals surface area contributed by atoms with Crippen LogP contribution in [0.15, 0.2) is 51.8 Å². The minimum atomic E-state index is -1.10. The van der Waals surface area contributed by atoms with E-state index in [-0.39, 0.29) is 11.0 Å². The van der Waals surface area contributed by atoms with Gasteiger partial charge in [0.05, 0.1) is 5.39 Å². The van der Waals surface area contributed by atoms with Crippen molar-refractivity contribution in [3.05, 3.63) is 58.4 Å². The number of carbonyl (C=O) groups excluding carboxylic acids is 1. The fraction of sp³-hybridized carbons (Fsp3) is 0.227. The lowest BCUT2D eigenvalue weighted by molar-refractivity contribution is -0.139. The molecule has 9 nitrogen and oxygen atoms in total. The zero-order valence-corrected chi connectivity index (χ0v) is 16.5. The molecule has 31 heavy (non-hydrogen) atoms. The number of aromatic nitrogens is 2. The summed E-state index contributed by atoms with van der Waals surface area (Å²) in [5, 5.41) is 12.3. The number of unbranched alkanes of at least 4 members (excludes halogenated alkanes) is 1. The third kappa shape index (κ3) is 4.08.